The molecule has 0 radical (unpaired) electrons. The van der Waals surface area contributed by atoms with Gasteiger partial charge in [-0.15, -0.1) is 0 Å². The second-order valence-corrected chi connectivity index (χ2v) is 4.89. The van der Waals surface area contributed by atoms with Crippen molar-refractivity contribution in [2.75, 3.05) is 31.6 Å². The number of aromatic nitrogens is 2. The summed E-state index contributed by atoms with van der Waals surface area (Å²) >= 11 is 0. The van der Waals surface area contributed by atoms with E-state index < -0.39 is 0 Å². The van der Waals surface area contributed by atoms with Crippen LogP contribution in [0.25, 0.3) is 0 Å². The van der Waals surface area contributed by atoms with Crippen molar-refractivity contribution >= 4 is 5.82 Å². The van der Waals surface area contributed by atoms with E-state index in [0.29, 0.717) is 11.9 Å². The molecule has 3 heterocycles. The third kappa shape index (κ3) is 1.74. The molecule has 2 aliphatic heterocycles. The second-order valence-electron chi connectivity index (χ2n) is 4.89. The quantitative estimate of drug-likeness (QED) is 0.809. The van der Waals surface area contributed by atoms with Gasteiger partial charge in [0, 0.05) is 31.7 Å². The molecule has 5 nitrogen and oxygen atoms in total. The molecule has 92 valence electrons. The zero-order valence-electron chi connectivity index (χ0n) is 10.3. The number of ether oxygens (including phenoxy) is 1. The summed E-state index contributed by atoms with van der Waals surface area (Å²) in [7, 11) is 1.64. The average Bonchev–Trinajstić information content (AvgIpc) is 2.93. The van der Waals surface area contributed by atoms with Gasteiger partial charge in [0.15, 0.2) is 0 Å². The summed E-state index contributed by atoms with van der Waals surface area (Å²) < 4.78 is 5.15. The highest BCUT2D eigenvalue weighted by Gasteiger charge is 2.42. The van der Waals surface area contributed by atoms with Gasteiger partial charge in [-0.1, -0.05) is 0 Å². The monoisotopic (exact) mass is 234 g/mol. The third-order valence-corrected chi connectivity index (χ3v) is 4.07. The van der Waals surface area contributed by atoms with Gasteiger partial charge < -0.3 is 15.0 Å². The maximum atomic E-state index is 5.15. The van der Waals surface area contributed by atoms with Crippen LogP contribution in [-0.4, -0.2) is 42.8 Å². The number of nitrogens with zero attached hydrogens (tertiary/aromatic N) is 3. The van der Waals surface area contributed by atoms with E-state index >= 15 is 0 Å². The maximum absolute atomic E-state index is 5.15. The zero-order valence-corrected chi connectivity index (χ0v) is 10.3. The first-order chi connectivity index (χ1) is 8.29. The Bertz CT molecular complexity index is 411. The molecule has 2 aliphatic rings. The first-order valence-electron chi connectivity index (χ1n) is 6.13. The Morgan fingerprint density at radius 3 is 3.06 bits per heavy atom. The largest absolute Gasteiger partial charge is 0.481 e. The van der Waals surface area contributed by atoms with E-state index in [1.54, 1.807) is 13.4 Å². The van der Waals surface area contributed by atoms with Gasteiger partial charge in [0.1, 0.15) is 12.1 Å². The first-order valence-corrected chi connectivity index (χ1v) is 6.13. The smallest absolute Gasteiger partial charge is 0.218 e. The summed E-state index contributed by atoms with van der Waals surface area (Å²) in [6.45, 7) is 5.63. The maximum Gasteiger partial charge on any atom is 0.218 e. The lowest BCUT2D eigenvalue weighted by atomic mass is 9.95. The minimum absolute atomic E-state index is 0.537. The molecular formula is C12H18N4O. The predicted molar refractivity (Wildman–Crippen MR) is 65.2 cm³/mol. The van der Waals surface area contributed by atoms with E-state index in [9.17, 15) is 0 Å². The van der Waals surface area contributed by atoms with Crippen LogP contribution in [0.2, 0.25) is 0 Å². The summed E-state index contributed by atoms with van der Waals surface area (Å²) in [6.07, 6.45) is 1.58. The van der Waals surface area contributed by atoms with Crippen molar-refractivity contribution in [2.45, 2.75) is 13.0 Å². The van der Waals surface area contributed by atoms with Crippen LogP contribution in [0.15, 0.2) is 12.4 Å². The molecule has 17 heavy (non-hydrogen) atoms. The molecule has 0 saturated carbocycles. The Labute approximate surface area is 101 Å². The molecule has 5 heteroatoms. The summed E-state index contributed by atoms with van der Waals surface area (Å²) in [5.74, 6) is 3.12. The molecule has 0 bridgehead atoms. The van der Waals surface area contributed by atoms with Gasteiger partial charge in [0.25, 0.3) is 0 Å². The van der Waals surface area contributed by atoms with Crippen molar-refractivity contribution in [1.29, 1.82) is 0 Å². The van der Waals surface area contributed by atoms with Crippen LogP contribution in [-0.2, 0) is 0 Å². The van der Waals surface area contributed by atoms with E-state index in [2.05, 4.69) is 27.1 Å². The van der Waals surface area contributed by atoms with Crippen LogP contribution in [0.5, 0.6) is 5.88 Å². The lowest BCUT2D eigenvalue weighted by Crippen LogP contribution is -2.33. The number of hydrogen-bond donors (Lipinski definition) is 1. The van der Waals surface area contributed by atoms with Crippen LogP contribution in [0.3, 0.4) is 0 Å². The highest BCUT2D eigenvalue weighted by molar-refractivity contribution is 5.44. The molecule has 1 N–H and O–H groups in total. The van der Waals surface area contributed by atoms with E-state index in [1.807, 2.05) is 6.07 Å². The Morgan fingerprint density at radius 2 is 2.29 bits per heavy atom. The first kappa shape index (κ1) is 10.8. The van der Waals surface area contributed by atoms with E-state index in [1.165, 1.54) is 0 Å². The summed E-state index contributed by atoms with van der Waals surface area (Å²) in [5, 5.41) is 3.47. The Balaban J connectivity index is 1.84. The van der Waals surface area contributed by atoms with Gasteiger partial charge in [0.2, 0.25) is 5.88 Å². The van der Waals surface area contributed by atoms with E-state index in [-0.39, 0.29) is 0 Å². The van der Waals surface area contributed by atoms with Gasteiger partial charge >= 0.3 is 0 Å². The lowest BCUT2D eigenvalue weighted by Gasteiger charge is -2.25. The van der Waals surface area contributed by atoms with Crippen molar-refractivity contribution in [3.05, 3.63) is 12.4 Å². The normalized spacial score (nSPS) is 31.6. The van der Waals surface area contributed by atoms with Gasteiger partial charge in [-0.2, -0.15) is 0 Å². The fraction of sp³-hybridized carbons (Fsp3) is 0.667. The van der Waals surface area contributed by atoms with Gasteiger partial charge in [-0.25, -0.2) is 9.97 Å². The molecule has 2 fully saturated rings. The van der Waals surface area contributed by atoms with Crippen molar-refractivity contribution < 1.29 is 4.74 Å². The number of rotatable bonds is 2. The highest BCUT2D eigenvalue weighted by atomic mass is 16.5. The molecule has 1 aromatic heterocycles. The molecule has 0 amide bonds. The molecule has 3 rings (SSSR count). The lowest BCUT2D eigenvalue weighted by molar-refractivity contribution is 0.396. The van der Waals surface area contributed by atoms with Crippen LogP contribution in [0.1, 0.15) is 6.92 Å². The van der Waals surface area contributed by atoms with Crippen molar-refractivity contribution in [3.63, 3.8) is 0 Å². The molecule has 0 aromatic carbocycles. The van der Waals surface area contributed by atoms with Gasteiger partial charge in [0.05, 0.1) is 7.11 Å². The molecule has 2 saturated heterocycles. The SMILES string of the molecule is COc1cc(N2CC3CNCC3C2C)ncn1. The zero-order chi connectivity index (χ0) is 11.8. The molecule has 3 unspecified atom stereocenters. The fourth-order valence-electron chi connectivity index (χ4n) is 3.07. The Morgan fingerprint density at radius 1 is 1.41 bits per heavy atom. The fourth-order valence-corrected chi connectivity index (χ4v) is 3.07. The highest BCUT2D eigenvalue weighted by Crippen LogP contribution is 2.35. The van der Waals surface area contributed by atoms with Crippen LogP contribution in [0.4, 0.5) is 5.82 Å². The van der Waals surface area contributed by atoms with Crippen LogP contribution < -0.4 is 15.0 Å². The molecule has 1 aromatic rings. The van der Waals surface area contributed by atoms with Crippen LogP contribution in [0, 0.1) is 11.8 Å². The number of methoxy groups -OCH3 is 1. The van der Waals surface area contributed by atoms with Gasteiger partial charge in [-0.3, -0.25) is 0 Å². The van der Waals surface area contributed by atoms with Crippen molar-refractivity contribution in [1.82, 2.24) is 15.3 Å². The second kappa shape index (κ2) is 4.14. The Kier molecular flexibility index (Phi) is 2.63. The van der Waals surface area contributed by atoms with E-state index in [0.717, 1.165) is 37.3 Å². The third-order valence-electron chi connectivity index (χ3n) is 4.07. The topological polar surface area (TPSA) is 50.3 Å². The van der Waals surface area contributed by atoms with Crippen LogP contribution >= 0.6 is 0 Å². The summed E-state index contributed by atoms with van der Waals surface area (Å²) in [5.41, 5.74) is 0. The number of fused-ring (bicyclic) bond motifs is 1. The number of nitrogens with one attached hydrogen (secondary N) is 1. The molecule has 0 aliphatic carbocycles. The molecule has 3 atom stereocenters. The molecule has 0 spiro atoms. The molecular weight excluding hydrogens is 216 g/mol. The number of hydrogen-bond acceptors (Lipinski definition) is 5. The number of anilines is 1. The standard InChI is InChI=1S/C12H18N4O/c1-8-10-5-13-4-9(10)6-16(8)11-3-12(17-2)15-7-14-11/h3,7-10,13H,4-6H2,1-2H3. The Hall–Kier alpha value is -1.36. The summed E-state index contributed by atoms with van der Waals surface area (Å²) in [4.78, 5) is 10.8. The van der Waals surface area contributed by atoms with E-state index in [4.69, 9.17) is 4.74 Å². The predicted octanol–water partition coefficient (Wildman–Crippen LogP) is 0.529. The average molecular weight is 234 g/mol. The summed E-state index contributed by atoms with van der Waals surface area (Å²) in [6, 6.07) is 2.46. The van der Waals surface area contributed by atoms with Crippen molar-refractivity contribution in [3.8, 4) is 5.88 Å². The minimum atomic E-state index is 0.537. The van der Waals surface area contributed by atoms with Crippen molar-refractivity contribution in [2.24, 2.45) is 11.8 Å². The minimum Gasteiger partial charge on any atom is -0.481 e. The van der Waals surface area contributed by atoms with Gasteiger partial charge in [-0.05, 0) is 18.8 Å².